The first-order valence-corrected chi connectivity index (χ1v) is 8.93. The van der Waals surface area contributed by atoms with Crippen molar-refractivity contribution in [2.45, 2.75) is 56.4 Å². The van der Waals surface area contributed by atoms with Crippen LogP contribution in [0.2, 0.25) is 0 Å². The lowest BCUT2D eigenvalue weighted by Gasteiger charge is -2.36. The van der Waals surface area contributed by atoms with E-state index in [1.54, 1.807) is 25.6 Å². The molecule has 0 bridgehead atoms. The van der Waals surface area contributed by atoms with Gasteiger partial charge in [-0.1, -0.05) is 19.3 Å². The quantitative estimate of drug-likeness (QED) is 0.866. The van der Waals surface area contributed by atoms with Crippen LogP contribution in [0.15, 0.2) is 4.90 Å². The van der Waals surface area contributed by atoms with Gasteiger partial charge < -0.3 is 0 Å². The van der Waals surface area contributed by atoms with Crippen LogP contribution in [0.5, 0.6) is 0 Å². The Labute approximate surface area is 125 Å². The number of alkyl halides is 1. The highest BCUT2D eigenvalue weighted by Gasteiger charge is 2.37. The predicted octanol–water partition coefficient (Wildman–Crippen LogP) is 2.26. The summed E-state index contributed by atoms with van der Waals surface area (Å²) in [6.45, 7) is 3.48. The Bertz CT molecular complexity index is 589. The van der Waals surface area contributed by atoms with Crippen molar-refractivity contribution in [2.75, 3.05) is 5.88 Å². The van der Waals surface area contributed by atoms with Crippen LogP contribution in [0.3, 0.4) is 0 Å². The van der Waals surface area contributed by atoms with E-state index in [0.717, 1.165) is 32.1 Å². The second kappa shape index (κ2) is 5.66. The van der Waals surface area contributed by atoms with E-state index in [-0.39, 0.29) is 4.90 Å². The third-order valence-electron chi connectivity index (χ3n) is 4.13. The maximum Gasteiger partial charge on any atom is 0.244 e. The van der Waals surface area contributed by atoms with Crippen molar-refractivity contribution < 1.29 is 8.42 Å². The summed E-state index contributed by atoms with van der Waals surface area (Å²) in [6, 6.07) is 0. The van der Waals surface area contributed by atoms with Crippen LogP contribution in [-0.2, 0) is 17.1 Å². The Balaban J connectivity index is 2.35. The Morgan fingerprint density at radius 1 is 1.30 bits per heavy atom. The molecular weight excluding hydrogens is 298 g/mol. The molecule has 1 aromatic heterocycles. The third-order valence-corrected chi connectivity index (χ3v) is 6.47. The summed E-state index contributed by atoms with van der Waals surface area (Å²) in [6.07, 6.45) is 4.77. The molecule has 7 heteroatoms. The SMILES string of the molecule is Cc1nn(C)c(C)c1S(=O)(=O)NC1(CCl)CCCCC1. The molecule has 5 nitrogen and oxygen atoms in total. The number of aryl methyl sites for hydroxylation is 2. The zero-order chi connectivity index (χ0) is 15.0. The van der Waals surface area contributed by atoms with Crippen molar-refractivity contribution >= 4 is 21.6 Å². The number of halogens is 1. The van der Waals surface area contributed by atoms with Crippen LogP contribution >= 0.6 is 11.6 Å². The van der Waals surface area contributed by atoms with E-state index in [9.17, 15) is 8.42 Å². The van der Waals surface area contributed by atoms with Gasteiger partial charge in [-0.3, -0.25) is 4.68 Å². The summed E-state index contributed by atoms with van der Waals surface area (Å²) in [5.41, 5.74) is 0.668. The second-order valence-electron chi connectivity index (χ2n) is 5.70. The lowest BCUT2D eigenvalue weighted by Crippen LogP contribution is -2.51. The minimum absolute atomic E-state index is 0.287. The van der Waals surface area contributed by atoms with Gasteiger partial charge in [-0.05, 0) is 26.7 Å². The molecule has 1 aromatic rings. The van der Waals surface area contributed by atoms with Crippen molar-refractivity contribution in [1.82, 2.24) is 14.5 Å². The molecule has 0 amide bonds. The highest BCUT2D eigenvalue weighted by molar-refractivity contribution is 7.89. The zero-order valence-corrected chi connectivity index (χ0v) is 13.8. The Kier molecular flexibility index (Phi) is 4.47. The van der Waals surface area contributed by atoms with Crippen LogP contribution in [-0.4, -0.2) is 29.6 Å². The molecule has 1 aliphatic carbocycles. The van der Waals surface area contributed by atoms with E-state index in [1.165, 1.54) is 0 Å². The lowest BCUT2D eigenvalue weighted by molar-refractivity contribution is 0.298. The average Bonchev–Trinajstić information content (AvgIpc) is 2.64. The Morgan fingerprint density at radius 2 is 1.90 bits per heavy atom. The van der Waals surface area contributed by atoms with Crippen LogP contribution in [0.1, 0.15) is 43.5 Å². The first kappa shape index (κ1) is 15.8. The summed E-state index contributed by atoms with van der Waals surface area (Å²) < 4.78 is 29.8. The molecule has 0 spiro atoms. The van der Waals surface area contributed by atoms with Crippen molar-refractivity contribution in [3.05, 3.63) is 11.4 Å². The highest BCUT2D eigenvalue weighted by Crippen LogP contribution is 2.31. The summed E-state index contributed by atoms with van der Waals surface area (Å²) in [5.74, 6) is 0.310. The largest absolute Gasteiger partial charge is 0.271 e. The molecule has 0 aliphatic heterocycles. The average molecular weight is 320 g/mol. The molecule has 1 aliphatic rings. The number of rotatable bonds is 4. The number of nitrogens with zero attached hydrogens (tertiary/aromatic N) is 2. The number of hydrogen-bond acceptors (Lipinski definition) is 3. The first-order valence-electron chi connectivity index (χ1n) is 6.91. The van der Waals surface area contributed by atoms with Gasteiger partial charge in [-0.25, -0.2) is 13.1 Å². The van der Waals surface area contributed by atoms with Gasteiger partial charge in [-0.2, -0.15) is 5.10 Å². The van der Waals surface area contributed by atoms with E-state index < -0.39 is 15.6 Å². The fourth-order valence-corrected chi connectivity index (χ4v) is 5.28. The maximum absolute atomic E-state index is 12.7. The summed E-state index contributed by atoms with van der Waals surface area (Å²) in [5, 5.41) is 4.18. The first-order chi connectivity index (χ1) is 9.31. The van der Waals surface area contributed by atoms with Gasteiger partial charge in [0.1, 0.15) is 4.90 Å². The third kappa shape index (κ3) is 2.87. The second-order valence-corrected chi connectivity index (χ2v) is 7.59. The van der Waals surface area contributed by atoms with Crippen molar-refractivity contribution in [2.24, 2.45) is 7.05 Å². The van der Waals surface area contributed by atoms with E-state index in [1.807, 2.05) is 0 Å². The molecule has 0 radical (unpaired) electrons. The molecule has 1 fully saturated rings. The molecule has 1 saturated carbocycles. The zero-order valence-electron chi connectivity index (χ0n) is 12.2. The molecule has 0 unspecified atom stereocenters. The van der Waals surface area contributed by atoms with Gasteiger partial charge in [0.25, 0.3) is 0 Å². The highest BCUT2D eigenvalue weighted by atomic mass is 35.5. The van der Waals surface area contributed by atoms with Gasteiger partial charge in [0.15, 0.2) is 0 Å². The van der Waals surface area contributed by atoms with E-state index in [4.69, 9.17) is 11.6 Å². The number of hydrogen-bond donors (Lipinski definition) is 1. The van der Waals surface area contributed by atoms with E-state index in [2.05, 4.69) is 9.82 Å². The Hall–Kier alpha value is -0.590. The number of nitrogens with one attached hydrogen (secondary N) is 1. The van der Waals surface area contributed by atoms with Crippen LogP contribution in [0.25, 0.3) is 0 Å². The standard InChI is InChI=1S/C13H22ClN3O2S/c1-10-12(11(2)17(3)15-10)20(18,19)16-13(9-14)7-5-4-6-8-13/h16H,4-9H2,1-3H3. The number of sulfonamides is 1. The molecule has 1 N–H and O–H groups in total. The predicted molar refractivity (Wildman–Crippen MR) is 79.5 cm³/mol. The van der Waals surface area contributed by atoms with Crippen LogP contribution in [0.4, 0.5) is 0 Å². The van der Waals surface area contributed by atoms with Gasteiger partial charge >= 0.3 is 0 Å². The minimum atomic E-state index is -3.59. The molecule has 2 rings (SSSR count). The molecular formula is C13H22ClN3O2S. The van der Waals surface area contributed by atoms with Crippen LogP contribution < -0.4 is 4.72 Å². The van der Waals surface area contributed by atoms with Gasteiger partial charge in [0, 0.05) is 18.5 Å². The Morgan fingerprint density at radius 3 is 2.35 bits per heavy atom. The maximum atomic E-state index is 12.7. The molecule has 20 heavy (non-hydrogen) atoms. The van der Waals surface area contributed by atoms with Gasteiger partial charge in [0.2, 0.25) is 10.0 Å². The van der Waals surface area contributed by atoms with Crippen molar-refractivity contribution in [3.63, 3.8) is 0 Å². The summed E-state index contributed by atoms with van der Waals surface area (Å²) in [4.78, 5) is 0.287. The van der Waals surface area contributed by atoms with Crippen molar-refractivity contribution in [3.8, 4) is 0 Å². The summed E-state index contributed by atoms with van der Waals surface area (Å²) >= 11 is 6.07. The van der Waals surface area contributed by atoms with Gasteiger partial charge in [-0.15, -0.1) is 11.6 Å². The van der Waals surface area contributed by atoms with E-state index in [0.29, 0.717) is 17.3 Å². The molecule has 0 atom stereocenters. The van der Waals surface area contributed by atoms with Crippen molar-refractivity contribution in [1.29, 1.82) is 0 Å². The van der Waals surface area contributed by atoms with E-state index >= 15 is 0 Å². The molecule has 114 valence electrons. The fraction of sp³-hybridized carbons (Fsp3) is 0.769. The smallest absolute Gasteiger partial charge is 0.244 e. The fourth-order valence-electron chi connectivity index (χ4n) is 2.97. The number of aromatic nitrogens is 2. The molecule has 0 aromatic carbocycles. The molecule has 1 heterocycles. The van der Waals surface area contributed by atoms with Gasteiger partial charge in [0.05, 0.1) is 11.4 Å². The molecule has 0 saturated heterocycles. The monoisotopic (exact) mass is 319 g/mol. The lowest BCUT2D eigenvalue weighted by atomic mass is 9.84. The summed E-state index contributed by atoms with van der Waals surface area (Å²) in [7, 11) is -1.84. The van der Waals surface area contributed by atoms with Crippen LogP contribution in [0, 0.1) is 13.8 Å². The normalized spacial score (nSPS) is 19.2. The minimum Gasteiger partial charge on any atom is -0.271 e. The topological polar surface area (TPSA) is 64.0 Å².